The first-order valence-corrected chi connectivity index (χ1v) is 9.52. The summed E-state index contributed by atoms with van der Waals surface area (Å²) in [5.74, 6) is 0.720. The van der Waals surface area contributed by atoms with E-state index in [9.17, 15) is 13.5 Å². The second-order valence-corrected chi connectivity index (χ2v) is 8.53. The zero-order chi connectivity index (χ0) is 14.9. The maximum Gasteiger partial charge on any atom is 0.154 e. The SMILES string of the molecule is O=S1(=O)CC(O)C(N2CCC(Cc3ccccc3)CC2)C1. The third-order valence-electron chi connectivity index (χ3n) is 4.78. The highest BCUT2D eigenvalue weighted by Gasteiger charge is 2.40. The van der Waals surface area contributed by atoms with Gasteiger partial charge in [-0.05, 0) is 43.8 Å². The normalized spacial score (nSPS) is 30.5. The Kier molecular flexibility index (Phi) is 4.33. The van der Waals surface area contributed by atoms with Gasteiger partial charge in [0.15, 0.2) is 9.84 Å². The van der Waals surface area contributed by atoms with Gasteiger partial charge in [0.05, 0.1) is 23.7 Å². The maximum atomic E-state index is 11.6. The lowest BCUT2D eigenvalue weighted by atomic mass is 9.89. The number of benzene rings is 1. The van der Waals surface area contributed by atoms with Gasteiger partial charge in [-0.2, -0.15) is 0 Å². The molecule has 1 aromatic carbocycles. The van der Waals surface area contributed by atoms with Crippen LogP contribution in [0.25, 0.3) is 0 Å². The summed E-state index contributed by atoms with van der Waals surface area (Å²) >= 11 is 0. The lowest BCUT2D eigenvalue weighted by molar-refractivity contribution is 0.0587. The summed E-state index contributed by atoms with van der Waals surface area (Å²) in [7, 11) is -3.05. The van der Waals surface area contributed by atoms with Crippen LogP contribution in [-0.4, -0.2) is 55.2 Å². The highest BCUT2D eigenvalue weighted by Crippen LogP contribution is 2.26. The second-order valence-electron chi connectivity index (χ2n) is 6.38. The first kappa shape index (κ1) is 15.0. The van der Waals surface area contributed by atoms with Crippen LogP contribution in [0.15, 0.2) is 30.3 Å². The van der Waals surface area contributed by atoms with Crippen LogP contribution in [0.2, 0.25) is 0 Å². The van der Waals surface area contributed by atoms with E-state index < -0.39 is 15.9 Å². The fourth-order valence-electron chi connectivity index (χ4n) is 3.60. The molecule has 2 fully saturated rings. The van der Waals surface area contributed by atoms with Crippen LogP contribution in [0.3, 0.4) is 0 Å². The van der Waals surface area contributed by atoms with Crippen LogP contribution >= 0.6 is 0 Å². The third-order valence-corrected chi connectivity index (χ3v) is 6.48. The number of rotatable bonds is 3. The number of hydrogen-bond donors (Lipinski definition) is 1. The lowest BCUT2D eigenvalue weighted by Crippen LogP contribution is -2.47. The van der Waals surface area contributed by atoms with E-state index in [1.807, 2.05) is 6.07 Å². The van der Waals surface area contributed by atoms with Crippen molar-refractivity contribution in [3.63, 3.8) is 0 Å². The summed E-state index contributed by atoms with van der Waals surface area (Å²) in [6.45, 7) is 1.80. The molecule has 2 heterocycles. The molecular weight excluding hydrogens is 286 g/mol. The Morgan fingerprint density at radius 3 is 2.33 bits per heavy atom. The molecule has 0 radical (unpaired) electrons. The Morgan fingerprint density at radius 1 is 1.10 bits per heavy atom. The zero-order valence-electron chi connectivity index (χ0n) is 12.2. The van der Waals surface area contributed by atoms with Crippen molar-refractivity contribution in [2.24, 2.45) is 5.92 Å². The van der Waals surface area contributed by atoms with Gasteiger partial charge in [-0.25, -0.2) is 8.42 Å². The largest absolute Gasteiger partial charge is 0.390 e. The van der Waals surface area contributed by atoms with Gasteiger partial charge in [-0.3, -0.25) is 4.90 Å². The highest BCUT2D eigenvalue weighted by molar-refractivity contribution is 7.91. The molecule has 5 heteroatoms. The first-order valence-electron chi connectivity index (χ1n) is 7.70. The summed E-state index contributed by atoms with van der Waals surface area (Å²) in [4.78, 5) is 2.18. The Morgan fingerprint density at radius 2 is 1.76 bits per heavy atom. The van der Waals surface area contributed by atoms with E-state index in [4.69, 9.17) is 0 Å². The van der Waals surface area contributed by atoms with Gasteiger partial charge in [-0.1, -0.05) is 30.3 Å². The van der Waals surface area contributed by atoms with Gasteiger partial charge < -0.3 is 5.11 Å². The van der Waals surface area contributed by atoms with Crippen LogP contribution in [0.1, 0.15) is 18.4 Å². The van der Waals surface area contributed by atoms with Gasteiger partial charge in [-0.15, -0.1) is 0 Å². The molecule has 2 saturated heterocycles. The van der Waals surface area contributed by atoms with Gasteiger partial charge in [0, 0.05) is 0 Å². The molecule has 1 aromatic rings. The number of nitrogens with zero attached hydrogens (tertiary/aromatic N) is 1. The second kappa shape index (κ2) is 6.07. The smallest absolute Gasteiger partial charge is 0.154 e. The monoisotopic (exact) mass is 309 g/mol. The Balaban J connectivity index is 1.54. The minimum atomic E-state index is -3.05. The summed E-state index contributed by atoms with van der Waals surface area (Å²) < 4.78 is 23.2. The Labute approximate surface area is 126 Å². The van der Waals surface area contributed by atoms with E-state index in [1.165, 1.54) is 5.56 Å². The van der Waals surface area contributed by atoms with E-state index in [0.717, 1.165) is 32.4 Å². The number of aliphatic hydroxyl groups excluding tert-OH is 1. The number of hydrogen-bond acceptors (Lipinski definition) is 4. The minimum Gasteiger partial charge on any atom is -0.390 e. The predicted molar refractivity (Wildman–Crippen MR) is 82.9 cm³/mol. The van der Waals surface area contributed by atoms with E-state index >= 15 is 0 Å². The van der Waals surface area contributed by atoms with Gasteiger partial charge in [0.25, 0.3) is 0 Å². The topological polar surface area (TPSA) is 57.6 Å². The highest BCUT2D eigenvalue weighted by atomic mass is 32.2. The summed E-state index contributed by atoms with van der Waals surface area (Å²) in [5, 5.41) is 9.96. The average molecular weight is 309 g/mol. The van der Waals surface area contributed by atoms with E-state index in [-0.39, 0.29) is 17.5 Å². The molecule has 0 amide bonds. The molecule has 2 aliphatic rings. The lowest BCUT2D eigenvalue weighted by Gasteiger charge is -2.36. The number of aliphatic hydroxyl groups is 1. The summed E-state index contributed by atoms with van der Waals surface area (Å²) in [6, 6.07) is 10.3. The minimum absolute atomic E-state index is 0.0678. The number of likely N-dealkylation sites (tertiary alicyclic amines) is 1. The average Bonchev–Trinajstić information content (AvgIpc) is 2.74. The molecule has 4 nitrogen and oxygen atoms in total. The Hall–Kier alpha value is -0.910. The maximum absolute atomic E-state index is 11.6. The molecule has 21 heavy (non-hydrogen) atoms. The molecule has 0 bridgehead atoms. The van der Waals surface area contributed by atoms with E-state index in [2.05, 4.69) is 29.2 Å². The quantitative estimate of drug-likeness (QED) is 0.908. The van der Waals surface area contributed by atoms with Crippen molar-refractivity contribution in [3.8, 4) is 0 Å². The van der Waals surface area contributed by atoms with Crippen molar-refractivity contribution >= 4 is 9.84 Å². The molecule has 2 unspecified atom stereocenters. The van der Waals surface area contributed by atoms with Crippen molar-refractivity contribution in [1.29, 1.82) is 0 Å². The first-order chi connectivity index (χ1) is 10.0. The molecule has 0 spiro atoms. The molecule has 1 N–H and O–H groups in total. The molecule has 3 rings (SSSR count). The van der Waals surface area contributed by atoms with Crippen LogP contribution < -0.4 is 0 Å². The van der Waals surface area contributed by atoms with Crippen molar-refractivity contribution in [3.05, 3.63) is 35.9 Å². The molecule has 116 valence electrons. The third kappa shape index (κ3) is 3.65. The van der Waals surface area contributed by atoms with Crippen molar-refractivity contribution in [1.82, 2.24) is 4.90 Å². The van der Waals surface area contributed by atoms with Crippen molar-refractivity contribution in [2.75, 3.05) is 24.6 Å². The number of piperidine rings is 1. The summed E-state index contributed by atoms with van der Waals surface area (Å²) in [6.07, 6.45) is 2.55. The van der Waals surface area contributed by atoms with Gasteiger partial charge in [0.2, 0.25) is 0 Å². The molecular formula is C16H23NO3S. The predicted octanol–water partition coefficient (Wildman–Crippen LogP) is 1.10. The van der Waals surface area contributed by atoms with Gasteiger partial charge in [0.1, 0.15) is 0 Å². The molecule has 2 atom stereocenters. The van der Waals surface area contributed by atoms with E-state index in [1.54, 1.807) is 0 Å². The standard InChI is InChI=1S/C16H23NO3S/c18-16-12-21(19,20)11-15(16)17-8-6-14(7-9-17)10-13-4-2-1-3-5-13/h1-5,14-16,18H,6-12H2. The van der Waals surface area contributed by atoms with E-state index in [0.29, 0.717) is 5.92 Å². The zero-order valence-corrected chi connectivity index (χ0v) is 13.0. The molecule has 0 saturated carbocycles. The van der Waals surface area contributed by atoms with Gasteiger partial charge >= 0.3 is 0 Å². The van der Waals surface area contributed by atoms with Crippen LogP contribution in [-0.2, 0) is 16.3 Å². The van der Waals surface area contributed by atoms with Crippen molar-refractivity contribution < 1.29 is 13.5 Å². The van der Waals surface area contributed by atoms with Crippen LogP contribution in [0.4, 0.5) is 0 Å². The fourth-order valence-corrected chi connectivity index (χ4v) is 5.43. The van der Waals surface area contributed by atoms with Crippen LogP contribution in [0.5, 0.6) is 0 Å². The molecule has 2 aliphatic heterocycles. The molecule has 0 aliphatic carbocycles. The number of sulfone groups is 1. The summed E-state index contributed by atoms with van der Waals surface area (Å²) in [5.41, 5.74) is 1.37. The Bertz CT molecular complexity index is 564. The molecule has 0 aromatic heterocycles. The fraction of sp³-hybridized carbons (Fsp3) is 0.625. The van der Waals surface area contributed by atoms with Crippen LogP contribution in [0, 0.1) is 5.92 Å². The van der Waals surface area contributed by atoms with Crippen molar-refractivity contribution in [2.45, 2.75) is 31.4 Å².